The zero-order valence-electron chi connectivity index (χ0n) is 11.7. The zero-order valence-corrected chi connectivity index (χ0v) is 11.7. The minimum absolute atomic E-state index is 0.0300. The normalized spacial score (nSPS) is 18.1. The van der Waals surface area contributed by atoms with Gasteiger partial charge in [0.25, 0.3) is 0 Å². The van der Waals surface area contributed by atoms with Crippen molar-refractivity contribution in [2.24, 2.45) is 0 Å². The average Bonchev–Trinajstić information content (AvgIpc) is 2.37. The van der Waals surface area contributed by atoms with Crippen LogP contribution in [0, 0.1) is 0 Å². The third kappa shape index (κ3) is 5.92. The van der Waals surface area contributed by atoms with Gasteiger partial charge in [-0.2, -0.15) is 0 Å². The molecule has 1 aliphatic heterocycles. The van der Waals surface area contributed by atoms with E-state index in [1.165, 1.54) is 0 Å². The number of rotatable bonds is 6. The average molecular weight is 272 g/mol. The monoisotopic (exact) mass is 272 g/mol. The van der Waals surface area contributed by atoms with Gasteiger partial charge in [0, 0.05) is 19.1 Å². The molecule has 6 heteroatoms. The van der Waals surface area contributed by atoms with Crippen molar-refractivity contribution in [1.29, 1.82) is 0 Å². The fourth-order valence-electron chi connectivity index (χ4n) is 2.22. The highest BCUT2D eigenvalue weighted by atomic mass is 16.5. The van der Waals surface area contributed by atoms with Crippen LogP contribution in [-0.2, 0) is 9.53 Å². The van der Waals surface area contributed by atoms with Crippen LogP contribution in [0.4, 0.5) is 4.79 Å². The van der Waals surface area contributed by atoms with E-state index in [-0.39, 0.29) is 24.8 Å². The lowest BCUT2D eigenvalue weighted by Gasteiger charge is -2.32. The number of urea groups is 1. The fraction of sp³-hybridized carbons (Fsp3) is 0.846. The summed E-state index contributed by atoms with van der Waals surface area (Å²) in [4.78, 5) is 24.1. The summed E-state index contributed by atoms with van der Waals surface area (Å²) in [6, 6.07) is 0.163. The zero-order chi connectivity index (χ0) is 14.3. The number of likely N-dealkylation sites (tertiary alicyclic amines) is 1. The maximum absolute atomic E-state index is 11.9. The van der Waals surface area contributed by atoms with Crippen LogP contribution >= 0.6 is 0 Å². The molecule has 1 heterocycles. The van der Waals surface area contributed by atoms with E-state index in [0.717, 1.165) is 12.8 Å². The molecule has 0 aliphatic carbocycles. The van der Waals surface area contributed by atoms with Gasteiger partial charge in [0.1, 0.15) is 6.61 Å². The van der Waals surface area contributed by atoms with Crippen molar-refractivity contribution in [1.82, 2.24) is 10.2 Å². The Morgan fingerprint density at radius 1 is 1.42 bits per heavy atom. The number of hydrogen-bond donors (Lipinski definition) is 2. The second-order valence-corrected chi connectivity index (χ2v) is 5.03. The standard InChI is InChI=1S/C13H24N2O4/c1-3-4-10(2)14-13(18)15-7-5-11(6-8-15)19-9-12(16)17/h10-11H,3-9H2,1-2H3,(H,14,18)(H,16,17). The number of aliphatic carboxylic acids is 1. The van der Waals surface area contributed by atoms with E-state index in [1.54, 1.807) is 4.90 Å². The molecule has 1 rings (SSSR count). The number of nitrogens with zero attached hydrogens (tertiary/aromatic N) is 1. The molecule has 0 radical (unpaired) electrons. The Bertz CT molecular complexity index is 301. The van der Waals surface area contributed by atoms with Crippen LogP contribution in [0.1, 0.15) is 39.5 Å². The molecule has 0 spiro atoms. The highest BCUT2D eigenvalue weighted by Gasteiger charge is 2.24. The molecule has 1 fully saturated rings. The Morgan fingerprint density at radius 2 is 2.05 bits per heavy atom. The summed E-state index contributed by atoms with van der Waals surface area (Å²) < 4.78 is 5.23. The lowest BCUT2D eigenvalue weighted by Crippen LogP contribution is -2.48. The Labute approximate surface area is 114 Å². The van der Waals surface area contributed by atoms with E-state index in [0.29, 0.717) is 25.9 Å². The van der Waals surface area contributed by atoms with Crippen molar-refractivity contribution >= 4 is 12.0 Å². The van der Waals surface area contributed by atoms with Crippen molar-refractivity contribution < 1.29 is 19.4 Å². The van der Waals surface area contributed by atoms with E-state index in [1.807, 2.05) is 6.92 Å². The van der Waals surface area contributed by atoms with Gasteiger partial charge in [0.2, 0.25) is 0 Å². The Kier molecular flexibility index (Phi) is 6.62. The van der Waals surface area contributed by atoms with Gasteiger partial charge in [-0.25, -0.2) is 9.59 Å². The number of carboxylic acids is 1. The Morgan fingerprint density at radius 3 is 2.58 bits per heavy atom. The first-order valence-corrected chi connectivity index (χ1v) is 6.91. The number of nitrogens with one attached hydrogen (secondary N) is 1. The second kappa shape index (κ2) is 7.99. The molecular formula is C13H24N2O4. The Balaban J connectivity index is 2.25. The van der Waals surface area contributed by atoms with Gasteiger partial charge in [-0.1, -0.05) is 13.3 Å². The smallest absolute Gasteiger partial charge is 0.329 e. The first-order chi connectivity index (χ1) is 9.02. The van der Waals surface area contributed by atoms with Crippen LogP contribution in [-0.4, -0.2) is 53.8 Å². The molecular weight excluding hydrogens is 248 g/mol. The minimum Gasteiger partial charge on any atom is -0.480 e. The molecule has 1 saturated heterocycles. The summed E-state index contributed by atoms with van der Waals surface area (Å²) >= 11 is 0. The van der Waals surface area contributed by atoms with Crippen LogP contribution in [0.15, 0.2) is 0 Å². The summed E-state index contributed by atoms with van der Waals surface area (Å²) in [7, 11) is 0. The van der Waals surface area contributed by atoms with Crippen LogP contribution in [0.5, 0.6) is 0 Å². The lowest BCUT2D eigenvalue weighted by atomic mass is 10.1. The molecule has 0 saturated carbocycles. The molecule has 0 aromatic heterocycles. The molecule has 2 amide bonds. The summed E-state index contributed by atoms with van der Waals surface area (Å²) in [5.74, 6) is -0.950. The number of amides is 2. The van der Waals surface area contributed by atoms with Crippen molar-refractivity contribution in [2.45, 2.75) is 51.7 Å². The van der Waals surface area contributed by atoms with Gasteiger partial charge in [0.15, 0.2) is 0 Å². The van der Waals surface area contributed by atoms with Crippen molar-refractivity contribution in [2.75, 3.05) is 19.7 Å². The van der Waals surface area contributed by atoms with E-state index in [9.17, 15) is 9.59 Å². The third-order valence-electron chi connectivity index (χ3n) is 3.26. The summed E-state index contributed by atoms with van der Waals surface area (Å²) in [6.45, 7) is 5.08. The number of carbonyl (C=O) groups excluding carboxylic acids is 1. The summed E-state index contributed by atoms with van der Waals surface area (Å²) in [6.07, 6.45) is 3.37. The molecule has 0 aromatic rings. The van der Waals surface area contributed by atoms with E-state index >= 15 is 0 Å². The first kappa shape index (κ1) is 15.8. The molecule has 110 valence electrons. The number of carboxylic acid groups (broad SMARTS) is 1. The molecule has 1 aliphatic rings. The van der Waals surface area contributed by atoms with Gasteiger partial charge >= 0.3 is 12.0 Å². The number of carbonyl (C=O) groups is 2. The van der Waals surface area contributed by atoms with Gasteiger partial charge in [-0.05, 0) is 26.2 Å². The summed E-state index contributed by atoms with van der Waals surface area (Å²) in [5.41, 5.74) is 0. The van der Waals surface area contributed by atoms with Crippen LogP contribution in [0.3, 0.4) is 0 Å². The lowest BCUT2D eigenvalue weighted by molar-refractivity contribution is -0.145. The largest absolute Gasteiger partial charge is 0.480 e. The SMILES string of the molecule is CCCC(C)NC(=O)N1CCC(OCC(=O)O)CC1. The number of hydrogen-bond acceptors (Lipinski definition) is 3. The second-order valence-electron chi connectivity index (χ2n) is 5.03. The van der Waals surface area contributed by atoms with Gasteiger partial charge < -0.3 is 20.1 Å². The predicted octanol–water partition coefficient (Wildman–Crippen LogP) is 1.45. The highest BCUT2D eigenvalue weighted by Crippen LogP contribution is 2.14. The third-order valence-corrected chi connectivity index (χ3v) is 3.26. The van der Waals surface area contributed by atoms with Crippen LogP contribution < -0.4 is 5.32 Å². The molecule has 19 heavy (non-hydrogen) atoms. The van der Waals surface area contributed by atoms with E-state index in [2.05, 4.69) is 12.2 Å². The van der Waals surface area contributed by atoms with Gasteiger partial charge in [-0.15, -0.1) is 0 Å². The predicted molar refractivity (Wildman–Crippen MR) is 71.1 cm³/mol. The minimum atomic E-state index is -0.950. The molecule has 0 bridgehead atoms. The molecule has 1 unspecified atom stereocenters. The Hall–Kier alpha value is -1.30. The molecule has 6 nitrogen and oxygen atoms in total. The first-order valence-electron chi connectivity index (χ1n) is 6.91. The fourth-order valence-corrected chi connectivity index (χ4v) is 2.22. The van der Waals surface area contributed by atoms with E-state index in [4.69, 9.17) is 9.84 Å². The van der Waals surface area contributed by atoms with Crippen molar-refractivity contribution in [3.05, 3.63) is 0 Å². The molecule has 2 N–H and O–H groups in total. The maximum atomic E-state index is 11.9. The quantitative estimate of drug-likeness (QED) is 0.767. The number of piperidine rings is 1. The van der Waals surface area contributed by atoms with Crippen molar-refractivity contribution in [3.8, 4) is 0 Å². The maximum Gasteiger partial charge on any atom is 0.329 e. The summed E-state index contributed by atoms with van der Waals surface area (Å²) in [5, 5.41) is 11.5. The van der Waals surface area contributed by atoms with Crippen molar-refractivity contribution in [3.63, 3.8) is 0 Å². The van der Waals surface area contributed by atoms with Gasteiger partial charge in [-0.3, -0.25) is 0 Å². The van der Waals surface area contributed by atoms with Gasteiger partial charge in [0.05, 0.1) is 6.10 Å². The topological polar surface area (TPSA) is 78.9 Å². The molecule has 0 aromatic carbocycles. The van der Waals surface area contributed by atoms with E-state index < -0.39 is 5.97 Å². The number of ether oxygens (including phenoxy) is 1. The van der Waals surface area contributed by atoms with Crippen LogP contribution in [0.25, 0.3) is 0 Å². The molecule has 1 atom stereocenters. The van der Waals surface area contributed by atoms with Crippen LogP contribution in [0.2, 0.25) is 0 Å². The highest BCUT2D eigenvalue weighted by molar-refractivity contribution is 5.74.